The standard InChI is InChI=1S/C16H23ClN2O2/c1-10-7-11(17)8-12-13(10)19(9-16(5,6)18-12)14(20)21-15(2,3)4/h7-8,18H,9H2,1-6H3. The Morgan fingerprint density at radius 3 is 2.57 bits per heavy atom. The Labute approximate surface area is 131 Å². The zero-order valence-corrected chi connectivity index (χ0v) is 14.3. The number of amides is 1. The van der Waals surface area contributed by atoms with Crippen LogP contribution in [0.3, 0.4) is 0 Å². The second-order valence-electron chi connectivity index (χ2n) is 7.19. The van der Waals surface area contributed by atoms with E-state index in [1.165, 1.54) is 0 Å². The van der Waals surface area contributed by atoms with E-state index < -0.39 is 5.60 Å². The maximum absolute atomic E-state index is 12.5. The summed E-state index contributed by atoms with van der Waals surface area (Å²) in [7, 11) is 0. The molecule has 0 saturated carbocycles. The summed E-state index contributed by atoms with van der Waals surface area (Å²) in [5.41, 5.74) is 1.88. The number of nitrogens with one attached hydrogen (secondary N) is 1. The lowest BCUT2D eigenvalue weighted by atomic mass is 9.98. The molecule has 0 fully saturated rings. The summed E-state index contributed by atoms with van der Waals surface area (Å²) in [5.74, 6) is 0. The first kappa shape index (κ1) is 16.0. The van der Waals surface area contributed by atoms with Gasteiger partial charge >= 0.3 is 6.09 Å². The molecule has 1 heterocycles. The molecule has 116 valence electrons. The molecule has 0 radical (unpaired) electrons. The summed E-state index contributed by atoms with van der Waals surface area (Å²) in [4.78, 5) is 14.2. The van der Waals surface area contributed by atoms with Gasteiger partial charge in [-0.3, -0.25) is 4.90 Å². The Morgan fingerprint density at radius 1 is 1.38 bits per heavy atom. The number of rotatable bonds is 0. The lowest BCUT2D eigenvalue weighted by molar-refractivity contribution is 0.0573. The van der Waals surface area contributed by atoms with Gasteiger partial charge < -0.3 is 10.1 Å². The SMILES string of the molecule is Cc1cc(Cl)cc2c1N(C(=O)OC(C)(C)C)CC(C)(C)N2. The smallest absolute Gasteiger partial charge is 0.414 e. The molecule has 2 rings (SSSR count). The number of nitrogens with zero attached hydrogens (tertiary/aromatic N) is 1. The zero-order chi connectivity index (χ0) is 16.0. The number of anilines is 2. The van der Waals surface area contributed by atoms with Crippen molar-refractivity contribution in [3.05, 3.63) is 22.7 Å². The quantitative estimate of drug-likeness (QED) is 0.761. The van der Waals surface area contributed by atoms with Gasteiger partial charge in [0.1, 0.15) is 5.60 Å². The van der Waals surface area contributed by atoms with Crippen molar-refractivity contribution in [1.82, 2.24) is 0 Å². The highest BCUT2D eigenvalue weighted by Crippen LogP contribution is 2.39. The Kier molecular flexibility index (Phi) is 3.87. The number of carbonyl (C=O) groups is 1. The van der Waals surface area contributed by atoms with Crippen molar-refractivity contribution < 1.29 is 9.53 Å². The van der Waals surface area contributed by atoms with Crippen LogP contribution in [0.1, 0.15) is 40.2 Å². The fourth-order valence-electron chi connectivity index (χ4n) is 2.54. The van der Waals surface area contributed by atoms with Crippen LogP contribution in [0.2, 0.25) is 5.02 Å². The van der Waals surface area contributed by atoms with E-state index >= 15 is 0 Å². The number of hydrogen-bond acceptors (Lipinski definition) is 3. The van der Waals surface area contributed by atoms with Gasteiger partial charge in [-0.05, 0) is 59.2 Å². The molecule has 0 unspecified atom stereocenters. The molecule has 1 N–H and O–H groups in total. The highest BCUT2D eigenvalue weighted by atomic mass is 35.5. The summed E-state index contributed by atoms with van der Waals surface area (Å²) in [6, 6.07) is 3.71. The van der Waals surface area contributed by atoms with E-state index in [1.807, 2.05) is 53.7 Å². The van der Waals surface area contributed by atoms with E-state index in [0.717, 1.165) is 16.9 Å². The molecule has 0 saturated heterocycles. The Balaban J connectivity index is 2.46. The number of benzene rings is 1. The second kappa shape index (κ2) is 5.09. The average molecular weight is 311 g/mol. The van der Waals surface area contributed by atoms with Gasteiger partial charge in [-0.25, -0.2) is 4.79 Å². The van der Waals surface area contributed by atoms with Crippen LogP contribution in [0.5, 0.6) is 0 Å². The van der Waals surface area contributed by atoms with Crippen LogP contribution < -0.4 is 10.2 Å². The molecule has 1 aliphatic heterocycles. The number of fused-ring (bicyclic) bond motifs is 1. The summed E-state index contributed by atoms with van der Waals surface area (Å²) >= 11 is 6.13. The van der Waals surface area contributed by atoms with E-state index in [4.69, 9.17) is 16.3 Å². The third kappa shape index (κ3) is 3.62. The summed E-state index contributed by atoms with van der Waals surface area (Å²) in [6.07, 6.45) is -0.330. The van der Waals surface area contributed by atoms with Crippen molar-refractivity contribution in [2.24, 2.45) is 0 Å². The van der Waals surface area contributed by atoms with Crippen LogP contribution in [-0.4, -0.2) is 23.8 Å². The van der Waals surface area contributed by atoms with Crippen molar-refractivity contribution in [1.29, 1.82) is 0 Å². The fourth-order valence-corrected chi connectivity index (χ4v) is 2.81. The molecule has 4 nitrogen and oxygen atoms in total. The minimum atomic E-state index is -0.521. The molecule has 1 aromatic carbocycles. The lowest BCUT2D eigenvalue weighted by Gasteiger charge is -2.42. The molecule has 0 aliphatic carbocycles. The Morgan fingerprint density at radius 2 is 2.00 bits per heavy atom. The van der Waals surface area contributed by atoms with Crippen LogP contribution in [0.4, 0.5) is 16.2 Å². The first-order chi connectivity index (χ1) is 9.48. The monoisotopic (exact) mass is 310 g/mol. The molecular formula is C16H23ClN2O2. The molecule has 0 spiro atoms. The number of hydrogen-bond donors (Lipinski definition) is 1. The van der Waals surface area contributed by atoms with Gasteiger partial charge in [0.2, 0.25) is 0 Å². The van der Waals surface area contributed by atoms with Crippen molar-refractivity contribution in [3.63, 3.8) is 0 Å². The van der Waals surface area contributed by atoms with E-state index in [0.29, 0.717) is 11.6 Å². The van der Waals surface area contributed by atoms with Gasteiger partial charge in [-0.1, -0.05) is 11.6 Å². The third-order valence-electron chi connectivity index (χ3n) is 3.18. The van der Waals surface area contributed by atoms with Gasteiger partial charge in [0.05, 0.1) is 17.9 Å². The highest BCUT2D eigenvalue weighted by molar-refractivity contribution is 6.31. The number of carbonyl (C=O) groups excluding carboxylic acids is 1. The topological polar surface area (TPSA) is 41.6 Å². The number of halogens is 1. The largest absolute Gasteiger partial charge is 0.443 e. The average Bonchev–Trinajstić information content (AvgIpc) is 2.22. The van der Waals surface area contributed by atoms with Gasteiger partial charge in [0.25, 0.3) is 0 Å². The highest BCUT2D eigenvalue weighted by Gasteiger charge is 2.36. The van der Waals surface area contributed by atoms with Crippen LogP contribution in [0, 0.1) is 6.92 Å². The molecule has 0 bridgehead atoms. The normalized spacial score (nSPS) is 17.0. The third-order valence-corrected chi connectivity index (χ3v) is 3.39. The fraction of sp³-hybridized carbons (Fsp3) is 0.562. The summed E-state index contributed by atoms with van der Waals surface area (Å²) < 4.78 is 5.54. The summed E-state index contributed by atoms with van der Waals surface area (Å²) in [5, 5.41) is 4.09. The van der Waals surface area contributed by atoms with Crippen molar-refractivity contribution in [2.45, 2.75) is 52.7 Å². The second-order valence-corrected chi connectivity index (χ2v) is 7.63. The Hall–Kier alpha value is -1.42. The van der Waals surface area contributed by atoms with E-state index in [1.54, 1.807) is 4.90 Å². The molecule has 5 heteroatoms. The molecular weight excluding hydrogens is 288 g/mol. The minimum Gasteiger partial charge on any atom is -0.443 e. The Bertz CT molecular complexity index is 576. The van der Waals surface area contributed by atoms with Crippen molar-refractivity contribution >= 4 is 29.1 Å². The summed E-state index contributed by atoms with van der Waals surface area (Å²) in [6.45, 7) is 12.2. The van der Waals surface area contributed by atoms with Crippen LogP contribution in [0.25, 0.3) is 0 Å². The van der Waals surface area contributed by atoms with E-state index in [-0.39, 0.29) is 11.6 Å². The molecule has 1 aromatic rings. The zero-order valence-electron chi connectivity index (χ0n) is 13.5. The van der Waals surface area contributed by atoms with Gasteiger partial charge in [0, 0.05) is 10.6 Å². The number of aryl methyl sites for hydroxylation is 1. The van der Waals surface area contributed by atoms with Crippen LogP contribution >= 0.6 is 11.6 Å². The molecule has 1 amide bonds. The van der Waals surface area contributed by atoms with E-state index in [9.17, 15) is 4.79 Å². The van der Waals surface area contributed by atoms with Crippen LogP contribution in [-0.2, 0) is 4.74 Å². The van der Waals surface area contributed by atoms with Gasteiger partial charge in [0.15, 0.2) is 0 Å². The van der Waals surface area contributed by atoms with Crippen molar-refractivity contribution in [3.8, 4) is 0 Å². The predicted molar refractivity (Wildman–Crippen MR) is 87.5 cm³/mol. The first-order valence-electron chi connectivity index (χ1n) is 7.07. The number of ether oxygens (including phenoxy) is 1. The molecule has 0 aromatic heterocycles. The molecule has 0 atom stereocenters. The van der Waals surface area contributed by atoms with Crippen LogP contribution in [0.15, 0.2) is 12.1 Å². The first-order valence-corrected chi connectivity index (χ1v) is 7.45. The minimum absolute atomic E-state index is 0.249. The predicted octanol–water partition coefficient (Wildman–Crippen LogP) is 4.59. The maximum Gasteiger partial charge on any atom is 0.414 e. The lowest BCUT2D eigenvalue weighted by Crippen LogP contribution is -2.52. The molecule has 21 heavy (non-hydrogen) atoms. The van der Waals surface area contributed by atoms with Gasteiger partial charge in [-0.2, -0.15) is 0 Å². The molecule has 1 aliphatic rings. The maximum atomic E-state index is 12.5. The van der Waals surface area contributed by atoms with Gasteiger partial charge in [-0.15, -0.1) is 0 Å². The van der Waals surface area contributed by atoms with E-state index in [2.05, 4.69) is 5.32 Å². The van der Waals surface area contributed by atoms with Crippen molar-refractivity contribution in [2.75, 3.05) is 16.8 Å².